The molecule has 118 valence electrons. The van der Waals surface area contributed by atoms with Gasteiger partial charge < -0.3 is 5.32 Å². The number of carbonyl (C=O) groups excluding carboxylic acids is 1. The third-order valence-corrected chi connectivity index (χ3v) is 5.79. The van der Waals surface area contributed by atoms with Gasteiger partial charge in [0.05, 0.1) is 20.6 Å². The van der Waals surface area contributed by atoms with Gasteiger partial charge in [0, 0.05) is 10.7 Å². The summed E-state index contributed by atoms with van der Waals surface area (Å²) in [6.45, 7) is 0. The Morgan fingerprint density at radius 1 is 1.17 bits per heavy atom. The van der Waals surface area contributed by atoms with Crippen molar-refractivity contribution in [2.24, 2.45) is 0 Å². The molecule has 0 aliphatic carbocycles. The van der Waals surface area contributed by atoms with Crippen molar-refractivity contribution in [3.63, 3.8) is 0 Å². The standard InChI is InChI=1S/C15H11ClN2O3S2/c16-10-1-4-12(5-2-10)23(20,21)8-15(19)18-11-3-6-13-14(7-11)22-9-17-13/h1-7,9H,8H2,(H,18,19). The summed E-state index contributed by atoms with van der Waals surface area (Å²) in [5.41, 5.74) is 3.08. The highest BCUT2D eigenvalue weighted by Crippen LogP contribution is 2.22. The maximum atomic E-state index is 12.2. The number of halogens is 1. The van der Waals surface area contributed by atoms with Crippen LogP contribution in [0.25, 0.3) is 10.2 Å². The lowest BCUT2D eigenvalue weighted by Gasteiger charge is -2.07. The molecule has 0 saturated carbocycles. The van der Waals surface area contributed by atoms with Gasteiger partial charge in [0.2, 0.25) is 5.91 Å². The lowest BCUT2D eigenvalue weighted by Crippen LogP contribution is -2.22. The predicted octanol–water partition coefficient (Wildman–Crippen LogP) is 3.36. The van der Waals surface area contributed by atoms with Crippen LogP contribution in [0, 0.1) is 0 Å². The van der Waals surface area contributed by atoms with Crippen LogP contribution >= 0.6 is 22.9 Å². The summed E-state index contributed by atoms with van der Waals surface area (Å²) in [4.78, 5) is 16.2. The lowest BCUT2D eigenvalue weighted by molar-refractivity contribution is -0.113. The first-order valence-corrected chi connectivity index (χ1v) is 9.46. The van der Waals surface area contributed by atoms with Crippen molar-refractivity contribution in [3.8, 4) is 0 Å². The molecule has 8 heteroatoms. The summed E-state index contributed by atoms with van der Waals surface area (Å²) in [5.74, 6) is -1.22. The first-order chi connectivity index (χ1) is 10.9. The van der Waals surface area contributed by atoms with E-state index in [9.17, 15) is 13.2 Å². The molecule has 1 N–H and O–H groups in total. The van der Waals surface area contributed by atoms with Gasteiger partial charge in [0.25, 0.3) is 0 Å². The van der Waals surface area contributed by atoms with Crippen molar-refractivity contribution >= 4 is 54.6 Å². The summed E-state index contributed by atoms with van der Waals surface area (Å²) < 4.78 is 25.3. The van der Waals surface area contributed by atoms with Gasteiger partial charge in [-0.3, -0.25) is 4.79 Å². The summed E-state index contributed by atoms with van der Waals surface area (Å²) in [5, 5.41) is 3.03. The van der Waals surface area contributed by atoms with Gasteiger partial charge in [-0.05, 0) is 42.5 Å². The van der Waals surface area contributed by atoms with E-state index in [2.05, 4.69) is 10.3 Å². The van der Waals surface area contributed by atoms with E-state index in [0.717, 1.165) is 10.2 Å². The highest BCUT2D eigenvalue weighted by Gasteiger charge is 2.19. The third kappa shape index (κ3) is 3.69. The van der Waals surface area contributed by atoms with Crippen molar-refractivity contribution in [3.05, 3.63) is 53.0 Å². The zero-order valence-corrected chi connectivity index (χ0v) is 14.1. The molecule has 0 aliphatic rings. The van der Waals surface area contributed by atoms with Gasteiger partial charge in [-0.25, -0.2) is 13.4 Å². The van der Waals surface area contributed by atoms with Crippen LogP contribution in [0.5, 0.6) is 0 Å². The SMILES string of the molecule is O=C(CS(=O)(=O)c1ccc(Cl)cc1)Nc1ccc2ncsc2c1. The second-order valence-electron chi connectivity index (χ2n) is 4.80. The Bertz CT molecular complexity index is 966. The Morgan fingerprint density at radius 3 is 2.65 bits per heavy atom. The van der Waals surface area contributed by atoms with E-state index in [4.69, 9.17) is 11.6 Å². The minimum absolute atomic E-state index is 0.0648. The average Bonchev–Trinajstić information content (AvgIpc) is 2.94. The van der Waals surface area contributed by atoms with E-state index in [0.29, 0.717) is 10.7 Å². The van der Waals surface area contributed by atoms with Crippen molar-refractivity contribution < 1.29 is 13.2 Å². The molecule has 1 aromatic heterocycles. The molecule has 0 unspecified atom stereocenters. The van der Waals surface area contributed by atoms with Crippen molar-refractivity contribution in [1.29, 1.82) is 0 Å². The molecular formula is C15H11ClN2O3S2. The summed E-state index contributed by atoms with van der Waals surface area (Å²) in [7, 11) is -3.71. The number of fused-ring (bicyclic) bond motifs is 1. The molecule has 2 aromatic carbocycles. The first kappa shape index (κ1) is 15.9. The maximum Gasteiger partial charge on any atom is 0.239 e. The number of anilines is 1. The molecule has 0 aliphatic heterocycles. The van der Waals surface area contributed by atoms with Gasteiger partial charge in [0.15, 0.2) is 9.84 Å². The number of carbonyl (C=O) groups is 1. The number of nitrogens with zero attached hydrogens (tertiary/aromatic N) is 1. The van der Waals surface area contributed by atoms with E-state index in [1.807, 2.05) is 0 Å². The number of aromatic nitrogens is 1. The molecule has 0 spiro atoms. The van der Waals surface area contributed by atoms with Crippen molar-refractivity contribution in [1.82, 2.24) is 4.98 Å². The normalized spacial score (nSPS) is 11.5. The Kier molecular flexibility index (Phi) is 4.34. The van der Waals surface area contributed by atoms with E-state index in [1.54, 1.807) is 23.7 Å². The second kappa shape index (κ2) is 6.27. The van der Waals surface area contributed by atoms with Crippen LogP contribution in [0.2, 0.25) is 5.02 Å². The molecule has 0 atom stereocenters. The smallest absolute Gasteiger partial charge is 0.239 e. The Balaban J connectivity index is 1.74. The van der Waals surface area contributed by atoms with Crippen LogP contribution in [-0.2, 0) is 14.6 Å². The van der Waals surface area contributed by atoms with Gasteiger partial charge in [0.1, 0.15) is 5.75 Å². The van der Waals surface area contributed by atoms with Crippen LogP contribution < -0.4 is 5.32 Å². The molecule has 0 bridgehead atoms. The topological polar surface area (TPSA) is 76.1 Å². The maximum absolute atomic E-state index is 12.2. The molecular weight excluding hydrogens is 356 g/mol. The second-order valence-corrected chi connectivity index (χ2v) is 8.11. The van der Waals surface area contributed by atoms with Crippen LogP contribution in [0.15, 0.2) is 52.9 Å². The number of nitrogens with one attached hydrogen (secondary N) is 1. The van der Waals surface area contributed by atoms with Crippen LogP contribution in [0.4, 0.5) is 5.69 Å². The van der Waals surface area contributed by atoms with Crippen LogP contribution in [0.1, 0.15) is 0 Å². The van der Waals surface area contributed by atoms with Gasteiger partial charge >= 0.3 is 0 Å². The Morgan fingerprint density at radius 2 is 1.91 bits per heavy atom. The summed E-state index contributed by atoms with van der Waals surface area (Å²) in [6, 6.07) is 10.9. The Labute approximate surface area is 141 Å². The van der Waals surface area contributed by atoms with E-state index >= 15 is 0 Å². The molecule has 0 fully saturated rings. The van der Waals surface area contributed by atoms with Crippen LogP contribution in [0.3, 0.4) is 0 Å². The molecule has 1 amide bonds. The van der Waals surface area contributed by atoms with E-state index in [-0.39, 0.29) is 4.90 Å². The quantitative estimate of drug-likeness (QED) is 0.768. The minimum atomic E-state index is -3.71. The number of thiazole rings is 1. The monoisotopic (exact) mass is 366 g/mol. The number of hydrogen-bond donors (Lipinski definition) is 1. The molecule has 1 heterocycles. The number of sulfone groups is 1. The highest BCUT2D eigenvalue weighted by atomic mass is 35.5. The van der Waals surface area contributed by atoms with Crippen LogP contribution in [-0.4, -0.2) is 25.1 Å². The zero-order valence-electron chi connectivity index (χ0n) is 11.7. The average molecular weight is 367 g/mol. The molecule has 0 radical (unpaired) electrons. The largest absolute Gasteiger partial charge is 0.325 e. The number of benzene rings is 2. The van der Waals surface area contributed by atoms with Gasteiger partial charge in [-0.15, -0.1) is 11.3 Å². The molecule has 0 saturated heterocycles. The van der Waals surface area contributed by atoms with Gasteiger partial charge in [-0.2, -0.15) is 0 Å². The van der Waals surface area contributed by atoms with Gasteiger partial charge in [-0.1, -0.05) is 11.6 Å². The lowest BCUT2D eigenvalue weighted by atomic mass is 10.3. The molecule has 3 aromatic rings. The fourth-order valence-corrected chi connectivity index (χ4v) is 4.00. The van der Waals surface area contributed by atoms with Crippen molar-refractivity contribution in [2.75, 3.05) is 11.1 Å². The summed E-state index contributed by atoms with van der Waals surface area (Å²) in [6.07, 6.45) is 0. The zero-order chi connectivity index (χ0) is 16.4. The fourth-order valence-electron chi connectivity index (χ4n) is 2.03. The number of hydrogen-bond acceptors (Lipinski definition) is 5. The third-order valence-electron chi connectivity index (χ3n) is 3.11. The molecule has 3 rings (SSSR count). The van der Waals surface area contributed by atoms with Crippen molar-refractivity contribution in [2.45, 2.75) is 4.90 Å². The molecule has 23 heavy (non-hydrogen) atoms. The highest BCUT2D eigenvalue weighted by molar-refractivity contribution is 7.92. The number of amides is 1. The molecule has 5 nitrogen and oxygen atoms in total. The fraction of sp³-hybridized carbons (Fsp3) is 0.0667. The number of rotatable bonds is 4. The minimum Gasteiger partial charge on any atom is -0.325 e. The first-order valence-electron chi connectivity index (χ1n) is 6.55. The summed E-state index contributed by atoms with van der Waals surface area (Å²) >= 11 is 7.18. The van der Waals surface area contributed by atoms with E-state index < -0.39 is 21.5 Å². The van der Waals surface area contributed by atoms with E-state index in [1.165, 1.54) is 35.6 Å². The Hall–Kier alpha value is -1.96. The predicted molar refractivity (Wildman–Crippen MR) is 91.8 cm³/mol.